The Kier molecular flexibility index (Phi) is 4.93. The molecule has 2 N–H and O–H groups in total. The van der Waals surface area contributed by atoms with Crippen molar-refractivity contribution < 1.29 is 29.0 Å². The van der Waals surface area contributed by atoms with Gasteiger partial charge in [-0.1, -0.05) is 12.2 Å². The number of nitrogens with one attached hydrogen (secondary N) is 1. The second-order valence-corrected chi connectivity index (χ2v) is 6.75. The van der Waals surface area contributed by atoms with Crippen molar-refractivity contribution in [3.05, 3.63) is 35.8 Å². The van der Waals surface area contributed by atoms with E-state index < -0.39 is 41.6 Å². The van der Waals surface area contributed by atoms with Gasteiger partial charge in [-0.3, -0.25) is 19.3 Å². The number of hydrogen-bond donors (Lipinski definition) is 2. The molecule has 0 radical (unpaired) electrons. The minimum absolute atomic E-state index is 0.0732. The van der Waals surface area contributed by atoms with Crippen molar-refractivity contribution in [2.24, 2.45) is 0 Å². The standard InChI is InChI=1S/C16H16N2O6S/c19-11(8-12(20)24-9-4-2-1-3-5-9)17-13-14(21)18-10(16(22)23)6-7-25-15(13)18/h1-2,5-6,13,15H,3-4,7-8H2,(H,17,19)(H,22,23). The van der Waals surface area contributed by atoms with Crippen LogP contribution < -0.4 is 5.32 Å². The Morgan fingerprint density at radius 2 is 2.12 bits per heavy atom. The molecule has 0 aromatic carbocycles. The van der Waals surface area contributed by atoms with E-state index in [2.05, 4.69) is 5.32 Å². The lowest BCUT2D eigenvalue weighted by Crippen LogP contribution is -2.70. The smallest absolute Gasteiger partial charge is 0.352 e. The highest BCUT2D eigenvalue weighted by Crippen LogP contribution is 2.37. The fourth-order valence-electron chi connectivity index (χ4n) is 2.74. The molecule has 2 unspecified atom stereocenters. The van der Waals surface area contributed by atoms with E-state index in [0.29, 0.717) is 24.4 Å². The third-order valence-electron chi connectivity index (χ3n) is 3.90. The molecule has 9 heteroatoms. The molecule has 3 aliphatic rings. The number of rotatable bonds is 5. The van der Waals surface area contributed by atoms with Crippen LogP contribution in [0.2, 0.25) is 0 Å². The van der Waals surface area contributed by atoms with E-state index >= 15 is 0 Å². The molecular weight excluding hydrogens is 348 g/mol. The first-order chi connectivity index (χ1) is 12.0. The Balaban J connectivity index is 1.51. The van der Waals surface area contributed by atoms with Gasteiger partial charge in [0.05, 0.1) is 0 Å². The first-order valence-corrected chi connectivity index (χ1v) is 8.74. The molecule has 1 aliphatic carbocycles. The molecule has 8 nitrogen and oxygen atoms in total. The van der Waals surface area contributed by atoms with Gasteiger partial charge in [0.25, 0.3) is 5.91 Å². The predicted octanol–water partition coefficient (Wildman–Crippen LogP) is 0.522. The van der Waals surface area contributed by atoms with Crippen molar-refractivity contribution >= 4 is 35.5 Å². The molecule has 0 aromatic heterocycles. The summed E-state index contributed by atoms with van der Waals surface area (Å²) in [6.07, 6.45) is 7.73. The number of nitrogens with zero attached hydrogens (tertiary/aromatic N) is 1. The summed E-state index contributed by atoms with van der Waals surface area (Å²) in [7, 11) is 0. The molecule has 2 heterocycles. The zero-order chi connectivity index (χ0) is 18.0. The Morgan fingerprint density at radius 3 is 2.80 bits per heavy atom. The Morgan fingerprint density at radius 1 is 1.32 bits per heavy atom. The van der Waals surface area contributed by atoms with Gasteiger partial charge in [0.2, 0.25) is 5.91 Å². The fraction of sp³-hybridized carbons (Fsp3) is 0.375. The van der Waals surface area contributed by atoms with Crippen LogP contribution >= 0.6 is 11.8 Å². The lowest BCUT2D eigenvalue weighted by atomic mass is 10.0. The third-order valence-corrected chi connectivity index (χ3v) is 5.08. The number of ether oxygens (including phenoxy) is 1. The van der Waals surface area contributed by atoms with Crippen LogP contribution in [0.4, 0.5) is 0 Å². The van der Waals surface area contributed by atoms with Gasteiger partial charge in [-0.25, -0.2) is 4.79 Å². The molecule has 0 saturated carbocycles. The lowest BCUT2D eigenvalue weighted by molar-refractivity contribution is -0.151. The number of aliphatic carboxylic acids is 1. The Labute approximate surface area is 147 Å². The van der Waals surface area contributed by atoms with Crippen LogP contribution in [0.15, 0.2) is 35.8 Å². The van der Waals surface area contributed by atoms with E-state index in [1.54, 1.807) is 6.08 Å². The van der Waals surface area contributed by atoms with E-state index in [1.807, 2.05) is 12.2 Å². The number of allylic oxidation sites excluding steroid dienone is 3. The normalized spacial score (nSPS) is 24.5. The quantitative estimate of drug-likeness (QED) is 0.316. The predicted molar refractivity (Wildman–Crippen MR) is 87.9 cm³/mol. The highest BCUT2D eigenvalue weighted by atomic mass is 32.2. The molecule has 0 spiro atoms. The zero-order valence-corrected chi connectivity index (χ0v) is 14.0. The van der Waals surface area contributed by atoms with Gasteiger partial charge in [0, 0.05) is 12.2 Å². The van der Waals surface area contributed by atoms with Gasteiger partial charge in [-0.05, 0) is 18.6 Å². The molecule has 2 amide bonds. The largest absolute Gasteiger partial charge is 0.477 e. The van der Waals surface area contributed by atoms with Gasteiger partial charge in [0.15, 0.2) is 0 Å². The van der Waals surface area contributed by atoms with Gasteiger partial charge >= 0.3 is 11.9 Å². The highest BCUT2D eigenvalue weighted by Gasteiger charge is 2.52. The summed E-state index contributed by atoms with van der Waals surface area (Å²) in [6, 6.07) is -0.829. The molecule has 2 aliphatic heterocycles. The van der Waals surface area contributed by atoms with Crippen molar-refractivity contribution in [3.63, 3.8) is 0 Å². The van der Waals surface area contributed by atoms with Crippen LogP contribution in [0.5, 0.6) is 0 Å². The zero-order valence-electron chi connectivity index (χ0n) is 13.1. The number of carboxylic acids is 1. The average Bonchev–Trinajstić information content (AvgIpc) is 2.59. The maximum atomic E-state index is 12.1. The van der Waals surface area contributed by atoms with Crippen molar-refractivity contribution in [3.8, 4) is 0 Å². The average molecular weight is 364 g/mol. The molecule has 1 saturated heterocycles. The summed E-state index contributed by atoms with van der Waals surface area (Å²) in [4.78, 5) is 48.1. The van der Waals surface area contributed by atoms with E-state index in [0.717, 1.165) is 4.90 Å². The summed E-state index contributed by atoms with van der Waals surface area (Å²) in [5, 5.41) is 11.1. The Bertz CT molecular complexity index is 726. The van der Waals surface area contributed by atoms with Crippen molar-refractivity contribution in [1.82, 2.24) is 10.2 Å². The van der Waals surface area contributed by atoms with Gasteiger partial charge in [0.1, 0.15) is 29.3 Å². The van der Waals surface area contributed by atoms with E-state index in [4.69, 9.17) is 9.84 Å². The second-order valence-electron chi connectivity index (χ2n) is 5.60. The molecule has 0 bridgehead atoms. The number of thioether (sulfide) groups is 1. The van der Waals surface area contributed by atoms with Gasteiger partial charge in [-0.15, -0.1) is 11.8 Å². The van der Waals surface area contributed by atoms with E-state index in [9.17, 15) is 19.2 Å². The number of carbonyl (C=O) groups is 4. The van der Waals surface area contributed by atoms with Crippen LogP contribution in [0.25, 0.3) is 0 Å². The number of fused-ring (bicyclic) bond motifs is 1. The van der Waals surface area contributed by atoms with Gasteiger partial charge < -0.3 is 15.2 Å². The van der Waals surface area contributed by atoms with Crippen LogP contribution in [0.3, 0.4) is 0 Å². The van der Waals surface area contributed by atoms with Crippen molar-refractivity contribution in [2.45, 2.75) is 30.7 Å². The topological polar surface area (TPSA) is 113 Å². The number of hydrogen-bond acceptors (Lipinski definition) is 6. The number of amides is 2. The summed E-state index contributed by atoms with van der Waals surface area (Å²) in [5.41, 5.74) is -0.0732. The molecular formula is C16H16N2O6S. The molecule has 0 aromatic rings. The number of carboxylic acid groups (broad SMARTS) is 1. The maximum absolute atomic E-state index is 12.1. The number of esters is 1. The van der Waals surface area contributed by atoms with Crippen molar-refractivity contribution in [2.75, 3.05) is 5.75 Å². The maximum Gasteiger partial charge on any atom is 0.352 e. The van der Waals surface area contributed by atoms with E-state index in [-0.39, 0.29) is 5.70 Å². The number of β-lactam (4-membered cyclic amide) rings is 1. The lowest BCUT2D eigenvalue weighted by Gasteiger charge is -2.48. The summed E-state index contributed by atoms with van der Waals surface area (Å²) in [6.45, 7) is 0. The second kappa shape index (κ2) is 7.14. The van der Waals surface area contributed by atoms with Gasteiger partial charge in [-0.2, -0.15) is 0 Å². The minimum Gasteiger partial charge on any atom is -0.477 e. The molecule has 1 fully saturated rings. The first-order valence-electron chi connectivity index (χ1n) is 7.69. The Hall–Kier alpha value is -2.55. The summed E-state index contributed by atoms with van der Waals surface area (Å²) < 4.78 is 5.10. The fourth-order valence-corrected chi connectivity index (χ4v) is 3.93. The summed E-state index contributed by atoms with van der Waals surface area (Å²) >= 11 is 1.35. The van der Waals surface area contributed by atoms with Crippen LogP contribution in [-0.4, -0.2) is 50.9 Å². The SMILES string of the molecule is O=C(CC(=O)OC1=CCC=CC1)NC1C(=O)N2C(C(=O)O)=CCSC12. The third kappa shape index (κ3) is 3.60. The summed E-state index contributed by atoms with van der Waals surface area (Å²) in [5.74, 6) is -2.04. The highest BCUT2D eigenvalue weighted by molar-refractivity contribution is 8.00. The van der Waals surface area contributed by atoms with E-state index in [1.165, 1.54) is 17.8 Å². The van der Waals surface area contributed by atoms with Crippen LogP contribution in [-0.2, 0) is 23.9 Å². The molecule has 3 rings (SSSR count). The first kappa shape index (κ1) is 17.3. The van der Waals surface area contributed by atoms with Crippen molar-refractivity contribution in [1.29, 1.82) is 0 Å². The molecule has 132 valence electrons. The molecule has 25 heavy (non-hydrogen) atoms. The number of carbonyl (C=O) groups excluding carboxylic acids is 3. The minimum atomic E-state index is -1.18. The molecule has 2 atom stereocenters. The van der Waals surface area contributed by atoms with Crippen LogP contribution in [0, 0.1) is 0 Å². The monoisotopic (exact) mass is 364 g/mol. The van der Waals surface area contributed by atoms with Crippen LogP contribution in [0.1, 0.15) is 19.3 Å².